The first-order valence-electron chi connectivity index (χ1n) is 9.64. The van der Waals surface area contributed by atoms with Crippen LogP contribution in [0.5, 0.6) is 11.5 Å². The molecule has 1 aliphatic heterocycles. The van der Waals surface area contributed by atoms with Gasteiger partial charge in [-0.05, 0) is 37.3 Å². The molecule has 6 nitrogen and oxygen atoms in total. The lowest BCUT2D eigenvalue weighted by molar-refractivity contribution is -0.123. The summed E-state index contributed by atoms with van der Waals surface area (Å²) in [5.74, 6) is 1.50. The van der Waals surface area contributed by atoms with Gasteiger partial charge in [0.1, 0.15) is 11.5 Å². The predicted molar refractivity (Wildman–Crippen MR) is 111 cm³/mol. The minimum Gasteiger partial charge on any atom is -0.497 e. The summed E-state index contributed by atoms with van der Waals surface area (Å²) in [5.41, 5.74) is 2.15. The van der Waals surface area contributed by atoms with Crippen molar-refractivity contribution < 1.29 is 14.3 Å². The van der Waals surface area contributed by atoms with E-state index in [9.17, 15) is 4.79 Å². The number of hydrogen-bond donors (Lipinski definition) is 1. The molecule has 1 aliphatic rings. The molecule has 150 valence electrons. The zero-order chi connectivity index (χ0) is 19.9. The largest absolute Gasteiger partial charge is 0.497 e. The Morgan fingerprint density at radius 3 is 2.39 bits per heavy atom. The second-order valence-electron chi connectivity index (χ2n) is 7.00. The molecule has 0 aliphatic carbocycles. The van der Waals surface area contributed by atoms with Gasteiger partial charge >= 0.3 is 0 Å². The predicted octanol–water partition coefficient (Wildman–Crippen LogP) is 2.70. The molecule has 1 N–H and O–H groups in total. The molecule has 0 aromatic heterocycles. The highest BCUT2D eigenvalue weighted by molar-refractivity contribution is 5.78. The number of anilines is 1. The maximum atomic E-state index is 12.6. The molecule has 1 fully saturated rings. The molecule has 1 saturated heterocycles. The number of benzene rings is 2. The zero-order valence-corrected chi connectivity index (χ0v) is 16.9. The summed E-state index contributed by atoms with van der Waals surface area (Å²) in [7, 11) is 3.26. The molecule has 2 aromatic carbocycles. The number of para-hydroxylation sites is 1. The number of ether oxygens (including phenoxy) is 2. The van der Waals surface area contributed by atoms with Gasteiger partial charge in [-0.15, -0.1) is 0 Å². The van der Waals surface area contributed by atoms with Crippen LogP contribution in [0.25, 0.3) is 0 Å². The Kier molecular flexibility index (Phi) is 6.76. The Hall–Kier alpha value is -2.73. The highest BCUT2D eigenvalue weighted by Crippen LogP contribution is 2.29. The van der Waals surface area contributed by atoms with Crippen molar-refractivity contribution in [1.82, 2.24) is 10.2 Å². The van der Waals surface area contributed by atoms with Gasteiger partial charge in [0.25, 0.3) is 0 Å². The summed E-state index contributed by atoms with van der Waals surface area (Å²) in [5, 5.41) is 3.08. The van der Waals surface area contributed by atoms with Crippen LogP contribution >= 0.6 is 0 Å². The van der Waals surface area contributed by atoms with E-state index in [1.165, 1.54) is 5.69 Å². The molecule has 2 aromatic rings. The first kappa shape index (κ1) is 20.0. The molecule has 6 heteroatoms. The van der Waals surface area contributed by atoms with E-state index in [0.29, 0.717) is 6.54 Å². The van der Waals surface area contributed by atoms with E-state index in [1.807, 2.05) is 31.2 Å². The van der Waals surface area contributed by atoms with Crippen molar-refractivity contribution in [3.8, 4) is 11.5 Å². The quantitative estimate of drug-likeness (QED) is 0.797. The van der Waals surface area contributed by atoms with Crippen LogP contribution in [-0.2, 0) is 4.79 Å². The minimum atomic E-state index is -0.164. The lowest BCUT2D eigenvalue weighted by Crippen LogP contribution is -2.49. The van der Waals surface area contributed by atoms with Crippen LogP contribution in [0.3, 0.4) is 0 Å². The summed E-state index contributed by atoms with van der Waals surface area (Å²) < 4.78 is 10.7. The SMILES string of the molecule is COc1ccc(OC)c(C(C)NC(=O)CN2CCN(c3ccccc3)CC2)c1. The van der Waals surface area contributed by atoms with Gasteiger partial charge in [0.15, 0.2) is 0 Å². The topological polar surface area (TPSA) is 54.0 Å². The minimum absolute atomic E-state index is 0.0190. The van der Waals surface area contributed by atoms with Gasteiger partial charge in [-0.2, -0.15) is 0 Å². The third kappa shape index (κ3) is 4.95. The summed E-state index contributed by atoms with van der Waals surface area (Å²) in [6.45, 7) is 5.97. The monoisotopic (exact) mass is 383 g/mol. The number of nitrogens with zero attached hydrogens (tertiary/aromatic N) is 2. The molecule has 0 bridgehead atoms. The fourth-order valence-electron chi connectivity index (χ4n) is 3.55. The van der Waals surface area contributed by atoms with E-state index in [4.69, 9.17) is 9.47 Å². The Morgan fingerprint density at radius 2 is 1.75 bits per heavy atom. The molecule has 28 heavy (non-hydrogen) atoms. The molecule has 0 spiro atoms. The average Bonchev–Trinajstić information content (AvgIpc) is 2.74. The number of rotatable bonds is 7. The third-order valence-electron chi connectivity index (χ3n) is 5.14. The molecular formula is C22H29N3O3. The van der Waals surface area contributed by atoms with Crippen molar-refractivity contribution >= 4 is 11.6 Å². The number of carbonyl (C=O) groups excluding carboxylic acids is 1. The molecule has 1 amide bonds. The number of hydrogen-bond acceptors (Lipinski definition) is 5. The maximum Gasteiger partial charge on any atom is 0.234 e. The van der Waals surface area contributed by atoms with E-state index in [2.05, 4.69) is 39.4 Å². The fourth-order valence-corrected chi connectivity index (χ4v) is 3.55. The van der Waals surface area contributed by atoms with E-state index in [0.717, 1.165) is 43.2 Å². The molecule has 0 saturated carbocycles. The van der Waals surface area contributed by atoms with Crippen molar-refractivity contribution in [2.24, 2.45) is 0 Å². The van der Waals surface area contributed by atoms with Crippen molar-refractivity contribution in [1.29, 1.82) is 0 Å². The van der Waals surface area contributed by atoms with Crippen molar-refractivity contribution in [3.05, 3.63) is 54.1 Å². The Bertz CT molecular complexity index is 774. The van der Waals surface area contributed by atoms with Crippen LogP contribution in [0.2, 0.25) is 0 Å². The van der Waals surface area contributed by atoms with E-state index >= 15 is 0 Å². The van der Waals surface area contributed by atoms with Gasteiger partial charge in [-0.1, -0.05) is 18.2 Å². The molecule has 3 rings (SSSR count). The molecule has 1 unspecified atom stereocenters. The number of methoxy groups -OCH3 is 2. The summed E-state index contributed by atoms with van der Waals surface area (Å²) in [4.78, 5) is 17.1. The second-order valence-corrected chi connectivity index (χ2v) is 7.00. The van der Waals surface area contributed by atoms with Gasteiger partial charge in [0.2, 0.25) is 5.91 Å². The first-order chi connectivity index (χ1) is 13.6. The molecule has 0 radical (unpaired) electrons. The number of nitrogens with one attached hydrogen (secondary N) is 1. The zero-order valence-electron chi connectivity index (χ0n) is 16.9. The van der Waals surface area contributed by atoms with Crippen molar-refractivity contribution in [2.75, 3.05) is 51.8 Å². The van der Waals surface area contributed by atoms with Crippen LogP contribution in [0, 0.1) is 0 Å². The van der Waals surface area contributed by atoms with Crippen LogP contribution in [0.1, 0.15) is 18.5 Å². The highest BCUT2D eigenvalue weighted by atomic mass is 16.5. The van der Waals surface area contributed by atoms with Crippen LogP contribution < -0.4 is 19.7 Å². The Balaban J connectivity index is 1.52. The van der Waals surface area contributed by atoms with Crippen LogP contribution in [0.4, 0.5) is 5.69 Å². The average molecular weight is 383 g/mol. The number of piperazine rings is 1. The van der Waals surface area contributed by atoms with E-state index in [-0.39, 0.29) is 11.9 Å². The number of amides is 1. The lowest BCUT2D eigenvalue weighted by atomic mass is 10.1. The molecule has 1 heterocycles. The Morgan fingerprint density at radius 1 is 1.04 bits per heavy atom. The van der Waals surface area contributed by atoms with Gasteiger partial charge in [0.05, 0.1) is 26.8 Å². The smallest absolute Gasteiger partial charge is 0.234 e. The normalized spacial score (nSPS) is 15.8. The lowest BCUT2D eigenvalue weighted by Gasteiger charge is -2.35. The molecular weight excluding hydrogens is 354 g/mol. The van der Waals surface area contributed by atoms with Crippen LogP contribution in [-0.4, -0.2) is 57.8 Å². The van der Waals surface area contributed by atoms with Gasteiger partial charge in [-0.3, -0.25) is 9.69 Å². The Labute approximate surface area is 167 Å². The first-order valence-corrected chi connectivity index (χ1v) is 9.64. The maximum absolute atomic E-state index is 12.6. The van der Waals surface area contributed by atoms with Crippen molar-refractivity contribution in [3.63, 3.8) is 0 Å². The highest BCUT2D eigenvalue weighted by Gasteiger charge is 2.21. The van der Waals surface area contributed by atoms with Crippen molar-refractivity contribution in [2.45, 2.75) is 13.0 Å². The second kappa shape index (κ2) is 9.46. The molecule has 1 atom stereocenters. The van der Waals surface area contributed by atoms with Crippen LogP contribution in [0.15, 0.2) is 48.5 Å². The standard InChI is InChI=1S/C22H29N3O3/c1-17(20-15-19(27-2)9-10-21(20)28-3)23-22(26)16-24-11-13-25(14-12-24)18-7-5-4-6-8-18/h4-10,15,17H,11-14,16H2,1-3H3,(H,23,26). The summed E-state index contributed by atoms with van der Waals surface area (Å²) in [6, 6.07) is 15.9. The van der Waals surface area contributed by atoms with Gasteiger partial charge in [-0.25, -0.2) is 0 Å². The fraction of sp³-hybridized carbons (Fsp3) is 0.409. The summed E-state index contributed by atoms with van der Waals surface area (Å²) >= 11 is 0. The van der Waals surface area contributed by atoms with E-state index < -0.39 is 0 Å². The summed E-state index contributed by atoms with van der Waals surface area (Å²) in [6.07, 6.45) is 0. The van der Waals surface area contributed by atoms with E-state index in [1.54, 1.807) is 14.2 Å². The van der Waals surface area contributed by atoms with Gasteiger partial charge in [0, 0.05) is 37.4 Å². The third-order valence-corrected chi connectivity index (χ3v) is 5.14. The van der Waals surface area contributed by atoms with Gasteiger partial charge < -0.3 is 19.7 Å². The number of carbonyl (C=O) groups is 1.